The number of nitrogens with one attached hydrogen (secondary N) is 2. The molecule has 1 saturated carbocycles. The summed E-state index contributed by atoms with van der Waals surface area (Å²) in [6.45, 7) is 2.65. The van der Waals surface area contributed by atoms with Crippen LogP contribution < -0.4 is 10.1 Å². The number of anilines is 1. The number of aromatic amines is 1. The van der Waals surface area contributed by atoms with Crippen LogP contribution in [0.5, 0.6) is 5.75 Å². The zero-order valence-electron chi connectivity index (χ0n) is 10.4. The van der Waals surface area contributed by atoms with Gasteiger partial charge in [-0.15, -0.1) is 0 Å². The Balaban J connectivity index is 1.86. The van der Waals surface area contributed by atoms with Gasteiger partial charge in [-0.1, -0.05) is 12.1 Å². The molecule has 2 aromatic rings. The maximum Gasteiger partial charge on any atom is 0.148 e. The predicted molar refractivity (Wildman–Crippen MR) is 71.8 cm³/mol. The van der Waals surface area contributed by atoms with Gasteiger partial charge in [-0.25, -0.2) is 0 Å². The van der Waals surface area contributed by atoms with E-state index in [9.17, 15) is 0 Å². The minimum absolute atomic E-state index is 0.614. The second-order valence-corrected chi connectivity index (χ2v) is 4.51. The molecule has 2 N–H and O–H groups in total. The van der Waals surface area contributed by atoms with E-state index in [4.69, 9.17) is 4.74 Å². The average Bonchev–Trinajstić information content (AvgIpc) is 3.07. The zero-order chi connectivity index (χ0) is 12.4. The number of hydrogen-bond acceptors (Lipinski definition) is 3. The van der Waals surface area contributed by atoms with Gasteiger partial charge in [0.25, 0.3) is 0 Å². The smallest absolute Gasteiger partial charge is 0.148 e. The summed E-state index contributed by atoms with van der Waals surface area (Å²) < 4.78 is 5.63. The fourth-order valence-electron chi connectivity index (χ4n) is 1.94. The van der Waals surface area contributed by atoms with E-state index < -0.39 is 0 Å². The van der Waals surface area contributed by atoms with Crippen LogP contribution in [0, 0.1) is 0 Å². The Morgan fingerprint density at radius 1 is 1.39 bits per heavy atom. The predicted octanol–water partition coefficient (Wildman–Crippen LogP) is 3.05. The van der Waals surface area contributed by atoms with Crippen LogP contribution >= 0.6 is 0 Å². The molecule has 94 valence electrons. The largest absolute Gasteiger partial charge is 0.493 e. The minimum Gasteiger partial charge on any atom is -0.493 e. The molecule has 1 aliphatic carbocycles. The number of aromatic nitrogens is 2. The first-order valence-corrected chi connectivity index (χ1v) is 6.41. The Labute approximate surface area is 106 Å². The number of ether oxygens (including phenoxy) is 1. The van der Waals surface area contributed by atoms with Crippen molar-refractivity contribution in [1.82, 2.24) is 10.2 Å². The van der Waals surface area contributed by atoms with Crippen LogP contribution in [-0.2, 0) is 0 Å². The molecule has 1 aromatic heterocycles. The number of nitrogens with zero attached hydrogens (tertiary/aromatic N) is 1. The second kappa shape index (κ2) is 4.72. The van der Waals surface area contributed by atoms with Crippen LogP contribution in [-0.4, -0.2) is 22.8 Å². The molecule has 0 radical (unpaired) electrons. The van der Waals surface area contributed by atoms with Crippen molar-refractivity contribution in [2.75, 3.05) is 11.9 Å². The van der Waals surface area contributed by atoms with E-state index in [-0.39, 0.29) is 0 Å². The lowest BCUT2D eigenvalue weighted by Crippen LogP contribution is -2.00. The van der Waals surface area contributed by atoms with Gasteiger partial charge in [0, 0.05) is 17.7 Å². The molecule has 4 heteroatoms. The Hall–Kier alpha value is -1.97. The Kier molecular flexibility index (Phi) is 2.92. The highest BCUT2D eigenvalue weighted by Crippen LogP contribution is 2.31. The van der Waals surface area contributed by atoms with Crippen molar-refractivity contribution in [3.63, 3.8) is 0 Å². The number of hydrogen-bond donors (Lipinski definition) is 2. The molecule has 4 nitrogen and oxygen atoms in total. The van der Waals surface area contributed by atoms with Crippen molar-refractivity contribution >= 4 is 5.82 Å². The maximum absolute atomic E-state index is 5.63. The second-order valence-electron chi connectivity index (χ2n) is 4.51. The molecule has 1 aliphatic rings. The Morgan fingerprint density at radius 3 is 3.00 bits per heavy atom. The summed E-state index contributed by atoms with van der Waals surface area (Å²) in [6, 6.07) is 10.7. The summed E-state index contributed by atoms with van der Waals surface area (Å²) in [7, 11) is 0. The molecule has 1 aromatic carbocycles. The third-order valence-electron chi connectivity index (χ3n) is 2.98. The summed E-state index contributed by atoms with van der Waals surface area (Å²) in [6.07, 6.45) is 2.50. The first kappa shape index (κ1) is 11.1. The quantitative estimate of drug-likeness (QED) is 0.848. The molecule has 0 atom stereocenters. The molecule has 0 saturated heterocycles. The summed E-state index contributed by atoms with van der Waals surface area (Å²) >= 11 is 0. The first-order chi connectivity index (χ1) is 8.86. The van der Waals surface area contributed by atoms with Crippen LogP contribution in [0.1, 0.15) is 19.8 Å². The lowest BCUT2D eigenvalue weighted by Gasteiger charge is -2.07. The molecule has 0 amide bonds. The maximum atomic E-state index is 5.63. The highest BCUT2D eigenvalue weighted by atomic mass is 16.5. The van der Waals surface area contributed by atoms with Crippen molar-refractivity contribution in [2.45, 2.75) is 25.8 Å². The van der Waals surface area contributed by atoms with Crippen LogP contribution in [0.25, 0.3) is 11.3 Å². The first-order valence-electron chi connectivity index (χ1n) is 6.41. The summed E-state index contributed by atoms with van der Waals surface area (Å²) in [5.74, 6) is 1.81. The highest BCUT2D eigenvalue weighted by molar-refractivity contribution is 5.69. The highest BCUT2D eigenvalue weighted by Gasteiger charge is 2.22. The van der Waals surface area contributed by atoms with E-state index >= 15 is 0 Å². The molecule has 0 aliphatic heterocycles. The van der Waals surface area contributed by atoms with Crippen molar-refractivity contribution in [1.29, 1.82) is 0 Å². The Morgan fingerprint density at radius 2 is 2.22 bits per heavy atom. The lowest BCUT2D eigenvalue weighted by molar-refractivity contribution is 0.341. The molecule has 0 spiro atoms. The van der Waals surface area contributed by atoms with Gasteiger partial charge in [-0.3, -0.25) is 5.10 Å². The van der Waals surface area contributed by atoms with Gasteiger partial charge < -0.3 is 10.1 Å². The number of H-pyrrole nitrogens is 1. The Bertz CT molecular complexity index is 531. The van der Waals surface area contributed by atoms with E-state index in [1.165, 1.54) is 12.8 Å². The summed E-state index contributed by atoms with van der Waals surface area (Å²) in [5, 5.41) is 10.7. The summed E-state index contributed by atoms with van der Waals surface area (Å²) in [5.41, 5.74) is 2.04. The van der Waals surface area contributed by atoms with Gasteiger partial charge in [0.1, 0.15) is 11.6 Å². The molecular formula is C14H17N3O. The monoisotopic (exact) mass is 243 g/mol. The van der Waals surface area contributed by atoms with E-state index in [0.717, 1.165) is 22.8 Å². The SMILES string of the molecule is CCOc1ccccc1-c1cc(NC2CC2)n[nH]1. The normalized spacial score (nSPS) is 14.5. The van der Waals surface area contributed by atoms with Crippen LogP contribution in [0.3, 0.4) is 0 Å². The van der Waals surface area contributed by atoms with Crippen molar-refractivity contribution < 1.29 is 4.74 Å². The van der Waals surface area contributed by atoms with Gasteiger partial charge in [0.2, 0.25) is 0 Å². The third kappa shape index (κ3) is 2.32. The third-order valence-corrected chi connectivity index (χ3v) is 2.98. The molecule has 3 rings (SSSR count). The fraction of sp³-hybridized carbons (Fsp3) is 0.357. The van der Waals surface area contributed by atoms with Gasteiger partial charge in [-0.05, 0) is 31.9 Å². The van der Waals surface area contributed by atoms with Crippen LogP contribution in [0.15, 0.2) is 30.3 Å². The fourth-order valence-corrected chi connectivity index (χ4v) is 1.94. The van der Waals surface area contributed by atoms with Gasteiger partial charge in [-0.2, -0.15) is 5.10 Å². The van der Waals surface area contributed by atoms with Crippen molar-refractivity contribution in [3.8, 4) is 17.0 Å². The standard InChI is InChI=1S/C14H17N3O/c1-2-18-13-6-4-3-5-11(13)12-9-14(17-16-12)15-10-7-8-10/h3-6,9-10H,2,7-8H2,1H3,(H2,15,16,17). The van der Waals surface area contributed by atoms with Crippen LogP contribution in [0.2, 0.25) is 0 Å². The van der Waals surface area contributed by atoms with Crippen molar-refractivity contribution in [3.05, 3.63) is 30.3 Å². The van der Waals surface area contributed by atoms with Gasteiger partial charge >= 0.3 is 0 Å². The number of para-hydroxylation sites is 1. The lowest BCUT2D eigenvalue weighted by atomic mass is 10.1. The topological polar surface area (TPSA) is 49.9 Å². The molecule has 1 fully saturated rings. The number of rotatable bonds is 5. The molecule has 1 heterocycles. The van der Waals surface area contributed by atoms with Gasteiger partial charge in [0.15, 0.2) is 0 Å². The van der Waals surface area contributed by atoms with E-state index in [0.29, 0.717) is 12.6 Å². The average molecular weight is 243 g/mol. The molecule has 18 heavy (non-hydrogen) atoms. The van der Waals surface area contributed by atoms with E-state index in [2.05, 4.69) is 15.5 Å². The summed E-state index contributed by atoms with van der Waals surface area (Å²) in [4.78, 5) is 0. The molecule has 0 unspecified atom stereocenters. The number of benzene rings is 1. The van der Waals surface area contributed by atoms with Crippen molar-refractivity contribution in [2.24, 2.45) is 0 Å². The van der Waals surface area contributed by atoms with Crippen LogP contribution in [0.4, 0.5) is 5.82 Å². The zero-order valence-corrected chi connectivity index (χ0v) is 10.4. The van der Waals surface area contributed by atoms with E-state index in [1.807, 2.05) is 37.3 Å². The van der Waals surface area contributed by atoms with Gasteiger partial charge in [0.05, 0.1) is 12.3 Å². The van der Waals surface area contributed by atoms with E-state index in [1.54, 1.807) is 0 Å². The molecule has 0 bridgehead atoms. The molecular weight excluding hydrogens is 226 g/mol. The minimum atomic E-state index is 0.614.